The predicted molar refractivity (Wildman–Crippen MR) is 78.9 cm³/mol. The third kappa shape index (κ3) is 2.24. The molecule has 1 heterocycles. The van der Waals surface area contributed by atoms with E-state index in [0.29, 0.717) is 5.69 Å². The lowest BCUT2D eigenvalue weighted by Crippen LogP contribution is -1.98. The van der Waals surface area contributed by atoms with E-state index >= 15 is 0 Å². The van der Waals surface area contributed by atoms with Crippen LogP contribution >= 0.6 is 15.9 Å². The first-order chi connectivity index (χ1) is 9.25. The molecule has 0 fully saturated rings. The Kier molecular flexibility index (Phi) is 3.05. The van der Waals surface area contributed by atoms with Crippen LogP contribution in [0.3, 0.4) is 0 Å². The topological polar surface area (TPSA) is 56.7 Å². The largest absolute Gasteiger partial charge is 0.398 e. The van der Waals surface area contributed by atoms with Gasteiger partial charge in [0.05, 0.1) is 0 Å². The van der Waals surface area contributed by atoms with Gasteiger partial charge in [0.25, 0.3) is 0 Å². The van der Waals surface area contributed by atoms with Gasteiger partial charge in [0, 0.05) is 21.4 Å². The summed E-state index contributed by atoms with van der Waals surface area (Å²) in [5, 5.41) is 8.16. The fraction of sp³-hybridized carbons (Fsp3) is 0. The molecular weight excluding hydrogens is 304 g/mol. The fourth-order valence-corrected chi connectivity index (χ4v) is 2.31. The maximum Gasteiger partial charge on any atom is 0.170 e. The molecule has 0 radical (unpaired) electrons. The van der Waals surface area contributed by atoms with Crippen LogP contribution in [0.15, 0.2) is 59.3 Å². The van der Waals surface area contributed by atoms with Crippen LogP contribution < -0.4 is 5.73 Å². The second-order valence-electron chi connectivity index (χ2n) is 4.09. The molecule has 1 aromatic heterocycles. The Hall–Kier alpha value is -2.14. The van der Waals surface area contributed by atoms with E-state index in [4.69, 9.17) is 5.73 Å². The number of hydrogen-bond donors (Lipinski definition) is 1. The highest BCUT2D eigenvalue weighted by atomic mass is 79.9. The molecule has 19 heavy (non-hydrogen) atoms. The summed E-state index contributed by atoms with van der Waals surface area (Å²) in [5.41, 5.74) is 8.58. The molecular formula is C14H11BrN4. The first-order valence-corrected chi connectivity index (χ1v) is 6.56. The molecule has 0 aliphatic heterocycles. The van der Waals surface area contributed by atoms with Gasteiger partial charge in [-0.3, -0.25) is 4.57 Å². The summed E-state index contributed by atoms with van der Waals surface area (Å²) < 4.78 is 2.86. The van der Waals surface area contributed by atoms with Gasteiger partial charge in [0.15, 0.2) is 5.82 Å². The zero-order valence-electron chi connectivity index (χ0n) is 9.99. The lowest BCUT2D eigenvalue weighted by Gasteiger charge is -2.08. The highest BCUT2D eigenvalue weighted by Gasteiger charge is 2.11. The Morgan fingerprint density at radius 2 is 1.84 bits per heavy atom. The van der Waals surface area contributed by atoms with Crippen molar-refractivity contribution in [3.05, 3.63) is 59.3 Å². The Morgan fingerprint density at radius 3 is 2.58 bits per heavy atom. The van der Waals surface area contributed by atoms with Crippen molar-refractivity contribution in [1.82, 2.24) is 14.8 Å². The minimum Gasteiger partial charge on any atom is -0.398 e. The highest BCUT2D eigenvalue weighted by molar-refractivity contribution is 9.10. The summed E-state index contributed by atoms with van der Waals surface area (Å²) in [4.78, 5) is 0. The van der Waals surface area contributed by atoms with Gasteiger partial charge in [0.2, 0.25) is 0 Å². The number of nitrogen functional groups attached to an aromatic ring is 1. The summed E-state index contributed by atoms with van der Waals surface area (Å²) in [6.07, 6.45) is 1.69. The number of benzene rings is 2. The quantitative estimate of drug-likeness (QED) is 0.738. The van der Waals surface area contributed by atoms with E-state index in [1.807, 2.05) is 53.1 Å². The molecule has 0 atom stereocenters. The van der Waals surface area contributed by atoms with Crippen LogP contribution in [0.25, 0.3) is 17.1 Å². The number of halogens is 1. The van der Waals surface area contributed by atoms with Crippen LogP contribution in [0.2, 0.25) is 0 Å². The van der Waals surface area contributed by atoms with Gasteiger partial charge in [0.1, 0.15) is 6.33 Å². The molecule has 0 unspecified atom stereocenters. The van der Waals surface area contributed by atoms with Crippen LogP contribution in [-0.2, 0) is 0 Å². The fourth-order valence-electron chi connectivity index (χ4n) is 1.93. The monoisotopic (exact) mass is 314 g/mol. The van der Waals surface area contributed by atoms with E-state index in [1.54, 1.807) is 6.33 Å². The first kappa shape index (κ1) is 11.9. The van der Waals surface area contributed by atoms with Crippen molar-refractivity contribution in [2.24, 2.45) is 0 Å². The summed E-state index contributed by atoms with van der Waals surface area (Å²) in [6, 6.07) is 15.7. The average Bonchev–Trinajstić information content (AvgIpc) is 2.89. The van der Waals surface area contributed by atoms with E-state index in [2.05, 4.69) is 26.1 Å². The smallest absolute Gasteiger partial charge is 0.170 e. The lowest BCUT2D eigenvalue weighted by molar-refractivity contribution is 1.06. The van der Waals surface area contributed by atoms with Crippen molar-refractivity contribution < 1.29 is 0 Å². The van der Waals surface area contributed by atoms with E-state index < -0.39 is 0 Å². The van der Waals surface area contributed by atoms with Crippen LogP contribution in [0, 0.1) is 0 Å². The molecule has 3 rings (SSSR count). The lowest BCUT2D eigenvalue weighted by atomic mass is 10.1. The number of hydrogen-bond acceptors (Lipinski definition) is 3. The molecule has 0 bridgehead atoms. The number of anilines is 1. The molecule has 2 N–H and O–H groups in total. The van der Waals surface area contributed by atoms with E-state index in [0.717, 1.165) is 21.5 Å². The van der Waals surface area contributed by atoms with Crippen LogP contribution in [0.4, 0.5) is 5.69 Å². The molecule has 0 aliphatic carbocycles. The number of rotatable bonds is 2. The molecule has 0 saturated carbocycles. The van der Waals surface area contributed by atoms with Crippen molar-refractivity contribution in [2.45, 2.75) is 0 Å². The first-order valence-electron chi connectivity index (χ1n) is 5.76. The van der Waals surface area contributed by atoms with Gasteiger partial charge in [-0.2, -0.15) is 0 Å². The normalized spacial score (nSPS) is 10.6. The van der Waals surface area contributed by atoms with E-state index in [1.165, 1.54) is 0 Å². The molecule has 4 nitrogen and oxygen atoms in total. The molecule has 3 aromatic rings. The summed E-state index contributed by atoms with van der Waals surface area (Å²) in [6.45, 7) is 0. The minimum absolute atomic E-state index is 0.666. The van der Waals surface area contributed by atoms with Gasteiger partial charge < -0.3 is 5.73 Å². The molecule has 94 valence electrons. The molecule has 0 amide bonds. The standard InChI is InChI=1S/C14H11BrN4/c15-10-6-7-12(13(16)8-10)14-18-17-9-19(14)11-4-2-1-3-5-11/h1-9H,16H2. The summed E-state index contributed by atoms with van der Waals surface area (Å²) >= 11 is 3.40. The van der Waals surface area contributed by atoms with Gasteiger partial charge in [-0.25, -0.2) is 0 Å². The Balaban J connectivity index is 2.15. The number of nitrogens with zero attached hydrogens (tertiary/aromatic N) is 3. The minimum atomic E-state index is 0.666. The number of aromatic nitrogens is 3. The SMILES string of the molecule is Nc1cc(Br)ccc1-c1nncn1-c1ccccc1. The molecule has 2 aromatic carbocycles. The Morgan fingerprint density at radius 1 is 1.05 bits per heavy atom. The number of nitrogens with two attached hydrogens (primary N) is 1. The van der Waals surface area contributed by atoms with Crippen molar-refractivity contribution in [3.63, 3.8) is 0 Å². The second kappa shape index (κ2) is 4.85. The molecule has 5 heteroatoms. The van der Waals surface area contributed by atoms with Gasteiger partial charge >= 0.3 is 0 Å². The molecule has 0 aliphatic rings. The van der Waals surface area contributed by atoms with Crippen molar-refractivity contribution in [2.75, 3.05) is 5.73 Å². The third-order valence-electron chi connectivity index (χ3n) is 2.84. The highest BCUT2D eigenvalue weighted by Crippen LogP contribution is 2.28. The molecule has 0 saturated heterocycles. The van der Waals surface area contributed by atoms with E-state index in [9.17, 15) is 0 Å². The number of para-hydroxylation sites is 1. The van der Waals surface area contributed by atoms with E-state index in [-0.39, 0.29) is 0 Å². The van der Waals surface area contributed by atoms with Crippen LogP contribution in [0.1, 0.15) is 0 Å². The van der Waals surface area contributed by atoms with Crippen LogP contribution in [-0.4, -0.2) is 14.8 Å². The Bertz CT molecular complexity index is 706. The predicted octanol–water partition coefficient (Wildman–Crippen LogP) is 3.28. The Labute approximate surface area is 119 Å². The third-order valence-corrected chi connectivity index (χ3v) is 3.33. The van der Waals surface area contributed by atoms with Crippen molar-refractivity contribution >= 4 is 21.6 Å². The average molecular weight is 315 g/mol. The van der Waals surface area contributed by atoms with Crippen LogP contribution in [0.5, 0.6) is 0 Å². The maximum atomic E-state index is 6.05. The summed E-state index contributed by atoms with van der Waals surface area (Å²) in [5.74, 6) is 0.733. The van der Waals surface area contributed by atoms with Gasteiger partial charge in [-0.05, 0) is 30.3 Å². The molecule has 0 spiro atoms. The second-order valence-corrected chi connectivity index (χ2v) is 5.01. The van der Waals surface area contributed by atoms with Gasteiger partial charge in [-0.1, -0.05) is 34.1 Å². The van der Waals surface area contributed by atoms with Crippen molar-refractivity contribution in [3.8, 4) is 17.1 Å². The zero-order chi connectivity index (χ0) is 13.2. The maximum absolute atomic E-state index is 6.05. The zero-order valence-corrected chi connectivity index (χ0v) is 11.6. The van der Waals surface area contributed by atoms with Gasteiger partial charge in [-0.15, -0.1) is 10.2 Å². The summed E-state index contributed by atoms with van der Waals surface area (Å²) in [7, 11) is 0. The van der Waals surface area contributed by atoms with Crippen molar-refractivity contribution in [1.29, 1.82) is 0 Å².